The summed E-state index contributed by atoms with van der Waals surface area (Å²) in [5.41, 5.74) is 5.09. The van der Waals surface area contributed by atoms with Crippen LogP contribution in [-0.4, -0.2) is 5.43 Å². The maximum atomic E-state index is 2.35. The molecule has 0 N–H and O–H groups in total. The SMILES string of the molecule is C[Si](=[Zr+2])c1ccccc1.c1ccc(-c2cccc3[cH-]ccc23)cc1.c1ccc(-c2cccc3[cH-]ccc23)cc1. The minimum absolute atomic E-state index is 0.122. The van der Waals surface area contributed by atoms with Gasteiger partial charge in [0.2, 0.25) is 0 Å². The summed E-state index contributed by atoms with van der Waals surface area (Å²) < 4.78 is 0. The Labute approximate surface area is 246 Å². The van der Waals surface area contributed by atoms with Crippen LogP contribution in [0, 0.1) is 0 Å². The molecule has 0 aliphatic carbocycles. The van der Waals surface area contributed by atoms with Crippen molar-refractivity contribution in [3.8, 4) is 22.3 Å². The molecule has 0 unspecified atom stereocenters. The van der Waals surface area contributed by atoms with Crippen LogP contribution in [0.1, 0.15) is 0 Å². The van der Waals surface area contributed by atoms with Crippen molar-refractivity contribution in [2.45, 2.75) is 6.55 Å². The van der Waals surface area contributed by atoms with Crippen LogP contribution in [-0.2, 0) is 23.3 Å². The van der Waals surface area contributed by atoms with Crippen LogP contribution in [0.5, 0.6) is 0 Å². The zero-order valence-corrected chi connectivity index (χ0v) is 25.5. The van der Waals surface area contributed by atoms with Crippen molar-refractivity contribution in [2.75, 3.05) is 0 Å². The summed E-state index contributed by atoms with van der Waals surface area (Å²) in [7, 11) is 0. The molecule has 0 saturated carbocycles. The maximum absolute atomic E-state index is 2.35. The topological polar surface area (TPSA) is 0 Å². The molecule has 7 aromatic carbocycles. The average molecular weight is 594 g/mol. The molecule has 0 heterocycles. The van der Waals surface area contributed by atoms with E-state index >= 15 is 0 Å². The predicted octanol–water partition coefficient (Wildman–Crippen LogP) is 9.51. The van der Waals surface area contributed by atoms with Crippen LogP contribution >= 0.6 is 0 Å². The molecule has 0 nitrogen and oxygen atoms in total. The van der Waals surface area contributed by atoms with Crippen LogP contribution < -0.4 is 5.19 Å². The first-order valence-corrected chi connectivity index (χ1v) is 18.9. The van der Waals surface area contributed by atoms with Crippen molar-refractivity contribution < 1.29 is 23.3 Å². The Balaban J connectivity index is 0.000000123. The van der Waals surface area contributed by atoms with E-state index in [0.29, 0.717) is 0 Å². The van der Waals surface area contributed by atoms with Gasteiger partial charge in [0.15, 0.2) is 0 Å². The van der Waals surface area contributed by atoms with Crippen LogP contribution in [0.2, 0.25) is 6.55 Å². The van der Waals surface area contributed by atoms with Gasteiger partial charge in [0.25, 0.3) is 0 Å². The summed E-state index contributed by atoms with van der Waals surface area (Å²) in [6, 6.07) is 57.6. The van der Waals surface area contributed by atoms with Gasteiger partial charge in [0, 0.05) is 0 Å². The molecule has 0 radical (unpaired) electrons. The van der Waals surface area contributed by atoms with E-state index in [-0.39, 0.29) is 5.43 Å². The minimum atomic E-state index is -0.122. The second kappa shape index (κ2) is 13.5. The molecule has 0 fully saturated rings. The maximum Gasteiger partial charge on any atom is -0.0279 e. The molecule has 0 atom stereocenters. The monoisotopic (exact) mass is 592 g/mol. The molecule has 186 valence electrons. The Kier molecular flexibility index (Phi) is 9.33. The zero-order chi connectivity index (χ0) is 26.9. The largest absolute Gasteiger partial charge is 0.168 e. The predicted molar refractivity (Wildman–Crippen MR) is 168 cm³/mol. The summed E-state index contributed by atoms with van der Waals surface area (Å²) in [6.45, 7) is 2.35. The fourth-order valence-corrected chi connectivity index (χ4v) is 6.67. The molecular weight excluding hydrogens is 564 g/mol. The zero-order valence-electron chi connectivity index (χ0n) is 22.1. The van der Waals surface area contributed by atoms with Crippen molar-refractivity contribution in [3.63, 3.8) is 0 Å². The third-order valence-electron chi connectivity index (χ3n) is 6.73. The second-order valence-electron chi connectivity index (χ2n) is 9.39. The number of rotatable bonds is 3. The Hall–Kier alpha value is -3.58. The molecule has 2 heteroatoms. The smallest absolute Gasteiger partial charge is 0.0279 e. The van der Waals surface area contributed by atoms with E-state index in [4.69, 9.17) is 0 Å². The first kappa shape index (κ1) is 27.0. The molecule has 0 bridgehead atoms. The van der Waals surface area contributed by atoms with E-state index in [0.717, 1.165) is 0 Å². The molecule has 0 spiro atoms. The van der Waals surface area contributed by atoms with Gasteiger partial charge in [-0.2, -0.15) is 24.3 Å². The quantitative estimate of drug-likeness (QED) is 0.141. The second-order valence-corrected chi connectivity index (χ2v) is 16.7. The molecule has 0 aliphatic rings. The van der Waals surface area contributed by atoms with E-state index in [1.807, 2.05) is 0 Å². The first-order valence-electron chi connectivity index (χ1n) is 13.2. The van der Waals surface area contributed by atoms with E-state index in [1.165, 1.54) is 43.8 Å². The average Bonchev–Trinajstić information content (AvgIpc) is 3.69. The Morgan fingerprint density at radius 2 is 0.872 bits per heavy atom. The van der Waals surface area contributed by atoms with E-state index < -0.39 is 0 Å². The van der Waals surface area contributed by atoms with E-state index in [2.05, 4.69) is 170 Å². The number of hydrogen-bond acceptors (Lipinski definition) is 0. The Morgan fingerprint density at radius 3 is 1.26 bits per heavy atom. The summed E-state index contributed by atoms with van der Waals surface area (Å²) in [4.78, 5) is 0. The van der Waals surface area contributed by atoms with Crippen molar-refractivity contribution in [1.82, 2.24) is 0 Å². The standard InChI is InChI=1S/2C15H11.C7H8Si.Zr/c2*1-2-6-12(7-3-1)14-10-4-8-13-9-5-11-15(13)14;1-8-7-5-3-2-4-6-7;/h2*1-11H;2-6H,1H3;/q2*-1;;+2. The van der Waals surface area contributed by atoms with Gasteiger partial charge in [0.05, 0.1) is 0 Å². The van der Waals surface area contributed by atoms with Crippen molar-refractivity contribution in [2.24, 2.45) is 0 Å². The minimum Gasteiger partial charge on any atom is -0.168 e. The van der Waals surface area contributed by atoms with Gasteiger partial charge in [-0.15, -0.1) is 57.9 Å². The van der Waals surface area contributed by atoms with Gasteiger partial charge >= 0.3 is 70.8 Å². The summed E-state index contributed by atoms with van der Waals surface area (Å²) in [6.07, 6.45) is 0. The van der Waals surface area contributed by atoms with E-state index in [1.54, 1.807) is 28.5 Å². The van der Waals surface area contributed by atoms with Crippen molar-refractivity contribution in [3.05, 3.63) is 164 Å². The number of benzene rings is 5. The van der Waals surface area contributed by atoms with Crippen LogP contribution in [0.25, 0.3) is 43.8 Å². The first-order chi connectivity index (χ1) is 19.2. The summed E-state index contributed by atoms with van der Waals surface area (Å²) in [5.74, 6) is 0. The third-order valence-corrected chi connectivity index (χ3v) is 10.1. The molecule has 7 rings (SSSR count). The van der Waals surface area contributed by atoms with Gasteiger partial charge < -0.3 is 0 Å². The van der Waals surface area contributed by atoms with Gasteiger partial charge in [0.1, 0.15) is 0 Å². The van der Waals surface area contributed by atoms with Gasteiger partial charge in [-0.3, -0.25) is 0 Å². The molecule has 39 heavy (non-hydrogen) atoms. The normalized spacial score (nSPS) is 10.3. The Bertz CT molecular complexity index is 1650. The van der Waals surface area contributed by atoms with Crippen LogP contribution in [0.4, 0.5) is 0 Å². The van der Waals surface area contributed by atoms with Crippen molar-refractivity contribution >= 4 is 32.2 Å². The Morgan fingerprint density at radius 1 is 0.462 bits per heavy atom. The van der Waals surface area contributed by atoms with Crippen LogP contribution in [0.15, 0.2) is 164 Å². The molecule has 0 aliphatic heterocycles. The number of fused-ring (bicyclic) bond motifs is 2. The van der Waals surface area contributed by atoms with Crippen LogP contribution in [0.3, 0.4) is 0 Å². The molecule has 0 aromatic heterocycles. The van der Waals surface area contributed by atoms with E-state index in [9.17, 15) is 0 Å². The van der Waals surface area contributed by atoms with Crippen molar-refractivity contribution in [1.29, 1.82) is 0 Å². The fourth-order valence-electron chi connectivity index (χ4n) is 4.75. The fraction of sp³-hybridized carbons (Fsp3) is 0.0270. The molecule has 0 saturated heterocycles. The molecule has 7 aromatic rings. The molecule has 0 amide bonds. The number of hydrogen-bond donors (Lipinski definition) is 0. The third kappa shape index (κ3) is 6.90. The van der Waals surface area contributed by atoms with Gasteiger partial charge in [-0.1, -0.05) is 83.9 Å². The summed E-state index contributed by atoms with van der Waals surface area (Å²) in [5, 5.41) is 6.86. The summed E-state index contributed by atoms with van der Waals surface area (Å²) >= 11 is 1.69. The van der Waals surface area contributed by atoms with Gasteiger partial charge in [-0.05, 0) is 11.1 Å². The molecular formula is C37H30SiZr. The van der Waals surface area contributed by atoms with Gasteiger partial charge in [-0.25, -0.2) is 0 Å².